The van der Waals surface area contributed by atoms with Gasteiger partial charge in [-0.1, -0.05) is 42.5 Å². The number of methoxy groups -OCH3 is 1. The second-order valence-electron chi connectivity index (χ2n) is 6.81. The van der Waals surface area contributed by atoms with Gasteiger partial charge in [-0.15, -0.1) is 0 Å². The second-order valence-corrected chi connectivity index (χ2v) is 6.81. The van der Waals surface area contributed by atoms with E-state index in [-0.39, 0.29) is 12.0 Å². The zero-order valence-electron chi connectivity index (χ0n) is 16.0. The zero-order valence-corrected chi connectivity index (χ0v) is 16.0. The number of hydrogen-bond acceptors (Lipinski definition) is 4. The number of benzene rings is 2. The van der Waals surface area contributed by atoms with Crippen LogP contribution >= 0.6 is 0 Å². The molecule has 1 amide bonds. The van der Waals surface area contributed by atoms with E-state index in [9.17, 15) is 9.59 Å². The number of hydrogen-bond donors (Lipinski definition) is 1. The molecule has 1 unspecified atom stereocenters. The van der Waals surface area contributed by atoms with Gasteiger partial charge in [-0.3, -0.25) is 4.79 Å². The maximum Gasteiger partial charge on any atom is 0.333 e. The monoisotopic (exact) mass is 379 g/mol. The molecule has 5 nitrogen and oxygen atoms in total. The first kappa shape index (κ1) is 19.7. The van der Waals surface area contributed by atoms with Crippen molar-refractivity contribution >= 4 is 18.0 Å². The average molecular weight is 379 g/mol. The Morgan fingerprint density at radius 3 is 2.54 bits per heavy atom. The molecular weight excluding hydrogens is 354 g/mol. The molecule has 0 saturated heterocycles. The molecule has 1 fully saturated rings. The minimum Gasteiger partial charge on any atom is -0.490 e. The smallest absolute Gasteiger partial charge is 0.333 e. The minimum atomic E-state index is -0.847. The van der Waals surface area contributed by atoms with Crippen LogP contribution in [0.1, 0.15) is 42.9 Å². The SMILES string of the molecule is COC(=O)C(NC(=O)/C=C/c1cccc(OC2CCCC2)c1)c1ccccc1. The zero-order chi connectivity index (χ0) is 19.8. The van der Waals surface area contributed by atoms with Gasteiger partial charge in [-0.2, -0.15) is 0 Å². The van der Waals surface area contributed by atoms with E-state index in [2.05, 4.69) is 5.32 Å². The summed E-state index contributed by atoms with van der Waals surface area (Å²) >= 11 is 0. The molecule has 0 aromatic heterocycles. The van der Waals surface area contributed by atoms with Gasteiger partial charge in [0, 0.05) is 6.08 Å². The molecular formula is C23H25NO4. The molecule has 0 radical (unpaired) electrons. The molecule has 0 heterocycles. The van der Waals surface area contributed by atoms with Gasteiger partial charge in [-0.05, 0) is 55.0 Å². The van der Waals surface area contributed by atoms with Crippen molar-refractivity contribution in [3.8, 4) is 5.75 Å². The highest BCUT2D eigenvalue weighted by atomic mass is 16.5. The summed E-state index contributed by atoms with van der Waals surface area (Å²) in [5.41, 5.74) is 1.53. The Balaban J connectivity index is 1.64. The highest BCUT2D eigenvalue weighted by Gasteiger charge is 2.22. The van der Waals surface area contributed by atoms with Gasteiger partial charge in [-0.25, -0.2) is 4.79 Å². The molecule has 0 aliphatic heterocycles. The molecule has 28 heavy (non-hydrogen) atoms. The van der Waals surface area contributed by atoms with E-state index in [1.54, 1.807) is 18.2 Å². The fourth-order valence-corrected chi connectivity index (χ4v) is 3.29. The van der Waals surface area contributed by atoms with E-state index in [4.69, 9.17) is 9.47 Å². The molecule has 1 N–H and O–H groups in total. The van der Waals surface area contributed by atoms with Gasteiger partial charge in [0.1, 0.15) is 5.75 Å². The summed E-state index contributed by atoms with van der Waals surface area (Å²) in [6, 6.07) is 15.8. The highest BCUT2D eigenvalue weighted by molar-refractivity contribution is 5.95. The summed E-state index contributed by atoms with van der Waals surface area (Å²) in [6.45, 7) is 0. The number of esters is 1. The molecule has 2 aromatic carbocycles. The molecule has 0 bridgehead atoms. The lowest BCUT2D eigenvalue weighted by molar-refractivity contribution is -0.144. The Morgan fingerprint density at radius 1 is 1.07 bits per heavy atom. The molecule has 5 heteroatoms. The molecule has 1 saturated carbocycles. The van der Waals surface area contributed by atoms with Crippen LogP contribution in [0.5, 0.6) is 5.75 Å². The summed E-state index contributed by atoms with van der Waals surface area (Å²) in [5, 5.41) is 2.70. The van der Waals surface area contributed by atoms with Crippen molar-refractivity contribution in [3.05, 3.63) is 71.8 Å². The van der Waals surface area contributed by atoms with Crippen molar-refractivity contribution in [2.24, 2.45) is 0 Å². The van der Waals surface area contributed by atoms with E-state index < -0.39 is 12.0 Å². The van der Waals surface area contributed by atoms with Crippen molar-refractivity contribution in [3.63, 3.8) is 0 Å². The van der Waals surface area contributed by atoms with Gasteiger partial charge in [0.25, 0.3) is 0 Å². The summed E-state index contributed by atoms with van der Waals surface area (Å²) in [4.78, 5) is 24.4. The second kappa shape index (κ2) is 9.74. The van der Waals surface area contributed by atoms with E-state index in [1.807, 2.05) is 42.5 Å². The number of nitrogens with one attached hydrogen (secondary N) is 1. The number of rotatable bonds is 7. The standard InChI is InChI=1S/C23H25NO4/c1-27-23(26)22(18-9-3-2-4-10-18)24-21(25)15-14-17-8-7-13-20(16-17)28-19-11-5-6-12-19/h2-4,7-10,13-16,19,22H,5-6,11-12H2,1H3,(H,24,25)/b15-14+. The lowest BCUT2D eigenvalue weighted by Gasteiger charge is -2.15. The molecule has 1 atom stereocenters. The molecule has 2 aromatic rings. The van der Waals surface area contributed by atoms with Crippen LogP contribution in [-0.2, 0) is 14.3 Å². The number of carbonyl (C=O) groups is 2. The van der Waals surface area contributed by atoms with E-state index >= 15 is 0 Å². The van der Waals surface area contributed by atoms with Crippen LogP contribution in [0.4, 0.5) is 0 Å². The van der Waals surface area contributed by atoms with Gasteiger partial charge >= 0.3 is 5.97 Å². The first-order valence-corrected chi connectivity index (χ1v) is 9.54. The number of ether oxygens (including phenoxy) is 2. The van der Waals surface area contributed by atoms with E-state index in [0.717, 1.165) is 24.2 Å². The van der Waals surface area contributed by atoms with Crippen molar-refractivity contribution in [2.45, 2.75) is 37.8 Å². The third kappa shape index (κ3) is 5.46. The van der Waals surface area contributed by atoms with Crippen LogP contribution in [0, 0.1) is 0 Å². The normalized spacial score (nSPS) is 15.3. The lowest BCUT2D eigenvalue weighted by atomic mass is 10.1. The van der Waals surface area contributed by atoms with Gasteiger partial charge < -0.3 is 14.8 Å². The first-order valence-electron chi connectivity index (χ1n) is 9.54. The fourth-order valence-electron chi connectivity index (χ4n) is 3.29. The van der Waals surface area contributed by atoms with Crippen LogP contribution in [0.3, 0.4) is 0 Å². The van der Waals surface area contributed by atoms with Gasteiger partial charge in [0.05, 0.1) is 13.2 Å². The predicted octanol–water partition coefficient (Wildman–Crippen LogP) is 4.05. The topological polar surface area (TPSA) is 64.6 Å². The van der Waals surface area contributed by atoms with E-state index in [1.165, 1.54) is 26.0 Å². The molecule has 1 aliphatic carbocycles. The molecule has 3 rings (SSSR count). The minimum absolute atomic E-state index is 0.286. The Hall–Kier alpha value is -3.08. The van der Waals surface area contributed by atoms with Gasteiger partial charge in [0.15, 0.2) is 6.04 Å². The first-order chi connectivity index (χ1) is 13.7. The predicted molar refractivity (Wildman–Crippen MR) is 108 cm³/mol. The lowest BCUT2D eigenvalue weighted by Crippen LogP contribution is -2.33. The van der Waals surface area contributed by atoms with Crippen molar-refractivity contribution in [2.75, 3.05) is 7.11 Å². The van der Waals surface area contributed by atoms with Crippen LogP contribution in [0.2, 0.25) is 0 Å². The largest absolute Gasteiger partial charge is 0.490 e. The Morgan fingerprint density at radius 2 is 1.82 bits per heavy atom. The average Bonchev–Trinajstić information content (AvgIpc) is 3.24. The Labute approximate surface area is 165 Å². The maximum atomic E-state index is 12.3. The Kier molecular flexibility index (Phi) is 6.84. The van der Waals surface area contributed by atoms with Crippen LogP contribution in [0.25, 0.3) is 6.08 Å². The highest BCUT2D eigenvalue weighted by Crippen LogP contribution is 2.25. The van der Waals surface area contributed by atoms with Crippen LogP contribution in [0.15, 0.2) is 60.7 Å². The fraction of sp³-hybridized carbons (Fsp3) is 0.304. The number of amides is 1. The summed E-state index contributed by atoms with van der Waals surface area (Å²) in [5.74, 6) is -0.0764. The third-order valence-electron chi connectivity index (χ3n) is 4.75. The molecule has 1 aliphatic rings. The quantitative estimate of drug-likeness (QED) is 0.582. The Bertz CT molecular complexity index is 826. The van der Waals surface area contributed by atoms with Crippen LogP contribution < -0.4 is 10.1 Å². The molecule has 0 spiro atoms. The van der Waals surface area contributed by atoms with Crippen molar-refractivity contribution in [1.82, 2.24) is 5.32 Å². The van der Waals surface area contributed by atoms with Crippen molar-refractivity contribution in [1.29, 1.82) is 0 Å². The summed E-state index contributed by atoms with van der Waals surface area (Å²) < 4.78 is 10.8. The summed E-state index contributed by atoms with van der Waals surface area (Å²) in [6.07, 6.45) is 8.02. The maximum absolute atomic E-state index is 12.3. The van der Waals surface area contributed by atoms with Crippen molar-refractivity contribution < 1.29 is 19.1 Å². The third-order valence-corrected chi connectivity index (χ3v) is 4.75. The van der Waals surface area contributed by atoms with Gasteiger partial charge in [0.2, 0.25) is 5.91 Å². The summed E-state index contributed by atoms with van der Waals surface area (Å²) in [7, 11) is 1.30. The van der Waals surface area contributed by atoms with Crippen LogP contribution in [-0.4, -0.2) is 25.1 Å². The number of carbonyl (C=O) groups excluding carboxylic acids is 2. The molecule has 146 valence electrons. The van der Waals surface area contributed by atoms with E-state index in [0.29, 0.717) is 5.56 Å².